The zero-order valence-corrected chi connectivity index (χ0v) is 14.0. The number of aromatic nitrogens is 1. The number of nitrogens with zero attached hydrogens (tertiary/aromatic N) is 2. The first-order valence-corrected chi connectivity index (χ1v) is 8.09. The molecule has 4 heteroatoms. The Labute approximate surface area is 128 Å². The van der Waals surface area contributed by atoms with Gasteiger partial charge in [0.2, 0.25) is 0 Å². The van der Waals surface area contributed by atoms with Crippen molar-refractivity contribution in [3.63, 3.8) is 0 Å². The quantitative estimate of drug-likeness (QED) is 0.874. The zero-order valence-electron chi connectivity index (χ0n) is 14.0. The van der Waals surface area contributed by atoms with Crippen LogP contribution in [-0.2, 0) is 11.3 Å². The third kappa shape index (κ3) is 3.95. The first kappa shape index (κ1) is 16.2. The van der Waals surface area contributed by atoms with Gasteiger partial charge in [-0.3, -0.25) is 0 Å². The molecule has 1 aromatic rings. The third-order valence-electron chi connectivity index (χ3n) is 4.26. The van der Waals surface area contributed by atoms with Gasteiger partial charge in [-0.05, 0) is 43.5 Å². The van der Waals surface area contributed by atoms with Crippen molar-refractivity contribution in [1.82, 2.24) is 10.3 Å². The second-order valence-electron chi connectivity index (χ2n) is 6.24. The predicted molar refractivity (Wildman–Crippen MR) is 87.9 cm³/mol. The second kappa shape index (κ2) is 7.23. The predicted octanol–water partition coefficient (Wildman–Crippen LogP) is 2.93. The van der Waals surface area contributed by atoms with Crippen LogP contribution >= 0.6 is 0 Å². The highest BCUT2D eigenvalue weighted by Gasteiger charge is 2.29. The lowest BCUT2D eigenvalue weighted by Gasteiger charge is -2.29. The standard InChI is InChI=1S/C17H29N3O/c1-6-18-11-14-9-15(12(2)3)19-17(10-14)20(5)16-7-8-21-13(16)4/h9-10,12-13,16,18H,6-8,11H2,1-5H3. The van der Waals surface area contributed by atoms with Gasteiger partial charge in [0.25, 0.3) is 0 Å². The highest BCUT2D eigenvalue weighted by atomic mass is 16.5. The van der Waals surface area contributed by atoms with Gasteiger partial charge >= 0.3 is 0 Å². The Balaban J connectivity index is 2.25. The highest BCUT2D eigenvalue weighted by Crippen LogP contribution is 2.25. The lowest BCUT2D eigenvalue weighted by atomic mass is 10.1. The van der Waals surface area contributed by atoms with Gasteiger partial charge in [-0.15, -0.1) is 0 Å². The maximum atomic E-state index is 5.70. The summed E-state index contributed by atoms with van der Waals surface area (Å²) < 4.78 is 5.70. The summed E-state index contributed by atoms with van der Waals surface area (Å²) in [7, 11) is 2.14. The number of nitrogens with one attached hydrogen (secondary N) is 1. The molecule has 1 N–H and O–H groups in total. The summed E-state index contributed by atoms with van der Waals surface area (Å²) in [4.78, 5) is 7.15. The van der Waals surface area contributed by atoms with Crippen LogP contribution in [0.3, 0.4) is 0 Å². The molecule has 2 unspecified atom stereocenters. The van der Waals surface area contributed by atoms with E-state index in [4.69, 9.17) is 9.72 Å². The number of pyridine rings is 1. The van der Waals surface area contributed by atoms with Gasteiger partial charge < -0.3 is 15.0 Å². The number of anilines is 1. The minimum Gasteiger partial charge on any atom is -0.376 e. The fourth-order valence-corrected chi connectivity index (χ4v) is 2.84. The van der Waals surface area contributed by atoms with Crippen LogP contribution in [0.15, 0.2) is 12.1 Å². The van der Waals surface area contributed by atoms with Crippen molar-refractivity contribution in [2.45, 2.75) is 58.7 Å². The average Bonchev–Trinajstić information content (AvgIpc) is 2.90. The van der Waals surface area contributed by atoms with E-state index in [1.807, 2.05) is 0 Å². The maximum Gasteiger partial charge on any atom is 0.129 e. The van der Waals surface area contributed by atoms with E-state index in [2.05, 4.69) is 57.1 Å². The van der Waals surface area contributed by atoms with Crippen molar-refractivity contribution in [1.29, 1.82) is 0 Å². The largest absolute Gasteiger partial charge is 0.376 e. The summed E-state index contributed by atoms with van der Waals surface area (Å²) in [6.45, 7) is 11.4. The van der Waals surface area contributed by atoms with Crippen LogP contribution in [0, 0.1) is 0 Å². The van der Waals surface area contributed by atoms with E-state index in [0.717, 1.165) is 31.9 Å². The summed E-state index contributed by atoms with van der Waals surface area (Å²) >= 11 is 0. The van der Waals surface area contributed by atoms with Crippen molar-refractivity contribution in [3.8, 4) is 0 Å². The van der Waals surface area contributed by atoms with E-state index < -0.39 is 0 Å². The molecule has 118 valence electrons. The molecule has 21 heavy (non-hydrogen) atoms. The van der Waals surface area contributed by atoms with E-state index in [9.17, 15) is 0 Å². The normalized spacial score (nSPS) is 22.0. The monoisotopic (exact) mass is 291 g/mol. The van der Waals surface area contributed by atoms with Crippen molar-refractivity contribution >= 4 is 5.82 Å². The highest BCUT2D eigenvalue weighted by molar-refractivity contribution is 5.44. The number of ether oxygens (including phenoxy) is 1. The van der Waals surface area contributed by atoms with E-state index in [1.165, 1.54) is 11.3 Å². The molecule has 2 heterocycles. The number of hydrogen-bond donors (Lipinski definition) is 1. The minimum absolute atomic E-state index is 0.275. The van der Waals surface area contributed by atoms with E-state index in [-0.39, 0.29) is 6.10 Å². The number of hydrogen-bond acceptors (Lipinski definition) is 4. The Kier molecular flexibility index (Phi) is 5.59. The molecule has 1 aromatic heterocycles. The van der Waals surface area contributed by atoms with Gasteiger partial charge in [0.15, 0.2) is 0 Å². The fraction of sp³-hybridized carbons (Fsp3) is 0.706. The molecule has 2 rings (SSSR count). The average molecular weight is 291 g/mol. The molecule has 0 aliphatic carbocycles. The number of likely N-dealkylation sites (N-methyl/N-ethyl adjacent to an activating group) is 1. The molecule has 1 saturated heterocycles. The first-order valence-electron chi connectivity index (χ1n) is 8.09. The molecule has 0 spiro atoms. The SMILES string of the molecule is CCNCc1cc(C(C)C)nc(N(C)C2CCOC2C)c1. The Morgan fingerprint density at radius 1 is 1.43 bits per heavy atom. The molecular weight excluding hydrogens is 262 g/mol. The van der Waals surface area contributed by atoms with Crippen LogP contribution in [0.4, 0.5) is 5.82 Å². The van der Waals surface area contributed by atoms with E-state index in [0.29, 0.717) is 12.0 Å². The summed E-state index contributed by atoms with van der Waals surface area (Å²) in [5, 5.41) is 3.40. The Hall–Kier alpha value is -1.13. The van der Waals surface area contributed by atoms with Crippen LogP contribution in [0.5, 0.6) is 0 Å². The third-order valence-corrected chi connectivity index (χ3v) is 4.26. The molecular formula is C17H29N3O. The van der Waals surface area contributed by atoms with Crippen molar-refractivity contribution < 1.29 is 4.74 Å². The summed E-state index contributed by atoms with van der Waals surface area (Å²) in [6.07, 6.45) is 1.35. The first-order chi connectivity index (χ1) is 10.0. The molecule has 1 fully saturated rings. The molecule has 0 bridgehead atoms. The van der Waals surface area contributed by atoms with Crippen LogP contribution in [0.25, 0.3) is 0 Å². The molecule has 4 nitrogen and oxygen atoms in total. The van der Waals surface area contributed by atoms with E-state index >= 15 is 0 Å². The zero-order chi connectivity index (χ0) is 15.4. The maximum absolute atomic E-state index is 5.70. The summed E-state index contributed by atoms with van der Waals surface area (Å²) in [5.74, 6) is 1.51. The molecule has 0 aromatic carbocycles. The van der Waals surface area contributed by atoms with Crippen LogP contribution in [0.1, 0.15) is 51.3 Å². The molecule has 1 aliphatic rings. The van der Waals surface area contributed by atoms with Gasteiger partial charge in [0, 0.05) is 25.9 Å². The molecule has 1 aliphatic heterocycles. The van der Waals surface area contributed by atoms with Crippen LogP contribution < -0.4 is 10.2 Å². The van der Waals surface area contributed by atoms with Gasteiger partial charge in [-0.25, -0.2) is 4.98 Å². The topological polar surface area (TPSA) is 37.4 Å². The van der Waals surface area contributed by atoms with Gasteiger partial charge in [0.1, 0.15) is 5.82 Å². The second-order valence-corrected chi connectivity index (χ2v) is 6.24. The summed E-state index contributed by atoms with van der Waals surface area (Å²) in [6, 6.07) is 4.85. The lowest BCUT2D eigenvalue weighted by molar-refractivity contribution is 0.118. The number of rotatable bonds is 6. The minimum atomic E-state index is 0.275. The van der Waals surface area contributed by atoms with Gasteiger partial charge in [0.05, 0.1) is 12.1 Å². The van der Waals surface area contributed by atoms with Crippen LogP contribution in [0.2, 0.25) is 0 Å². The smallest absolute Gasteiger partial charge is 0.129 e. The van der Waals surface area contributed by atoms with Crippen molar-refractivity contribution in [2.75, 3.05) is 25.1 Å². The summed E-state index contributed by atoms with van der Waals surface area (Å²) in [5.41, 5.74) is 2.47. The molecule has 2 atom stereocenters. The Morgan fingerprint density at radius 3 is 2.76 bits per heavy atom. The molecule has 0 amide bonds. The van der Waals surface area contributed by atoms with Gasteiger partial charge in [-0.2, -0.15) is 0 Å². The molecule has 0 saturated carbocycles. The van der Waals surface area contributed by atoms with Crippen LogP contribution in [-0.4, -0.2) is 37.3 Å². The van der Waals surface area contributed by atoms with Crippen molar-refractivity contribution in [2.24, 2.45) is 0 Å². The fourth-order valence-electron chi connectivity index (χ4n) is 2.84. The Morgan fingerprint density at radius 2 is 2.19 bits per heavy atom. The lowest BCUT2D eigenvalue weighted by Crippen LogP contribution is -2.37. The van der Waals surface area contributed by atoms with Gasteiger partial charge in [-0.1, -0.05) is 20.8 Å². The molecule has 0 radical (unpaired) electrons. The van der Waals surface area contributed by atoms with Crippen molar-refractivity contribution in [3.05, 3.63) is 23.4 Å². The Bertz CT molecular complexity index is 461. The van der Waals surface area contributed by atoms with E-state index in [1.54, 1.807) is 0 Å².